The summed E-state index contributed by atoms with van der Waals surface area (Å²) in [7, 11) is 0. The smallest absolute Gasteiger partial charge is 0.00749 e. The molecule has 1 saturated carbocycles. The molecular formula is C11H23N. The van der Waals surface area contributed by atoms with Gasteiger partial charge in [0, 0.05) is 6.04 Å². The molecule has 1 aliphatic rings. The second-order valence-electron chi connectivity index (χ2n) is 5.21. The Bertz CT molecular complexity index is 151. The van der Waals surface area contributed by atoms with Crippen molar-refractivity contribution in [2.75, 3.05) is 0 Å². The van der Waals surface area contributed by atoms with Crippen molar-refractivity contribution in [2.45, 2.75) is 53.0 Å². The lowest BCUT2D eigenvalue weighted by Gasteiger charge is -2.17. The minimum atomic E-state index is 0.454. The Kier molecular flexibility index (Phi) is 2.82. The van der Waals surface area contributed by atoms with Crippen LogP contribution in [0, 0.1) is 17.3 Å². The molecule has 3 unspecified atom stereocenters. The van der Waals surface area contributed by atoms with Crippen LogP contribution in [0.3, 0.4) is 0 Å². The second-order valence-corrected chi connectivity index (χ2v) is 5.21. The summed E-state index contributed by atoms with van der Waals surface area (Å²) in [5.41, 5.74) is 6.68. The zero-order chi connectivity index (χ0) is 9.35. The SMILES string of the molecule is CCC(C)CC(N)C1CC1(C)C. The van der Waals surface area contributed by atoms with E-state index < -0.39 is 0 Å². The van der Waals surface area contributed by atoms with Crippen LogP contribution in [0.25, 0.3) is 0 Å². The van der Waals surface area contributed by atoms with Gasteiger partial charge < -0.3 is 5.73 Å². The first-order valence-electron chi connectivity index (χ1n) is 5.23. The fourth-order valence-electron chi connectivity index (χ4n) is 2.03. The van der Waals surface area contributed by atoms with Gasteiger partial charge in [-0.05, 0) is 30.1 Å². The fourth-order valence-corrected chi connectivity index (χ4v) is 2.03. The first-order chi connectivity index (χ1) is 5.47. The van der Waals surface area contributed by atoms with Gasteiger partial charge in [0.1, 0.15) is 0 Å². The fraction of sp³-hybridized carbons (Fsp3) is 1.00. The maximum Gasteiger partial charge on any atom is 0.00749 e. The van der Waals surface area contributed by atoms with Crippen molar-refractivity contribution in [3.8, 4) is 0 Å². The molecule has 0 heterocycles. The van der Waals surface area contributed by atoms with Crippen LogP contribution in [-0.2, 0) is 0 Å². The lowest BCUT2D eigenvalue weighted by Crippen LogP contribution is -2.26. The molecule has 0 aromatic carbocycles. The summed E-state index contributed by atoms with van der Waals surface area (Å²) in [6.45, 7) is 9.20. The molecule has 1 aliphatic carbocycles. The molecule has 0 aromatic heterocycles. The molecule has 12 heavy (non-hydrogen) atoms. The van der Waals surface area contributed by atoms with Crippen molar-refractivity contribution in [2.24, 2.45) is 23.0 Å². The molecule has 0 saturated heterocycles. The topological polar surface area (TPSA) is 26.0 Å². The van der Waals surface area contributed by atoms with Gasteiger partial charge in [0.15, 0.2) is 0 Å². The van der Waals surface area contributed by atoms with Crippen LogP contribution in [-0.4, -0.2) is 6.04 Å². The van der Waals surface area contributed by atoms with Crippen molar-refractivity contribution < 1.29 is 0 Å². The van der Waals surface area contributed by atoms with E-state index in [1.807, 2.05) is 0 Å². The summed E-state index contributed by atoms with van der Waals surface area (Å²) >= 11 is 0. The highest BCUT2D eigenvalue weighted by molar-refractivity contribution is 5.00. The summed E-state index contributed by atoms with van der Waals surface area (Å²) in [6, 6.07) is 0.454. The average molecular weight is 169 g/mol. The van der Waals surface area contributed by atoms with Crippen molar-refractivity contribution in [1.29, 1.82) is 0 Å². The first kappa shape index (κ1) is 10.0. The van der Waals surface area contributed by atoms with E-state index >= 15 is 0 Å². The van der Waals surface area contributed by atoms with Gasteiger partial charge in [0.05, 0.1) is 0 Å². The Balaban J connectivity index is 2.26. The molecule has 1 heteroatoms. The Labute approximate surface area is 76.7 Å². The Hall–Kier alpha value is -0.0400. The molecule has 0 aliphatic heterocycles. The van der Waals surface area contributed by atoms with E-state index in [0.29, 0.717) is 11.5 Å². The molecule has 0 spiro atoms. The monoisotopic (exact) mass is 169 g/mol. The van der Waals surface area contributed by atoms with Crippen molar-refractivity contribution >= 4 is 0 Å². The second kappa shape index (κ2) is 3.37. The van der Waals surface area contributed by atoms with E-state index in [-0.39, 0.29) is 0 Å². The molecule has 0 radical (unpaired) electrons. The van der Waals surface area contributed by atoms with E-state index in [4.69, 9.17) is 5.73 Å². The molecule has 3 atom stereocenters. The quantitative estimate of drug-likeness (QED) is 0.688. The molecule has 1 fully saturated rings. The summed E-state index contributed by atoms with van der Waals surface area (Å²) in [5.74, 6) is 1.60. The number of nitrogens with two attached hydrogens (primary N) is 1. The third-order valence-electron chi connectivity index (χ3n) is 3.48. The van der Waals surface area contributed by atoms with Crippen LogP contribution in [0.1, 0.15) is 47.0 Å². The van der Waals surface area contributed by atoms with Crippen LogP contribution in [0.4, 0.5) is 0 Å². The van der Waals surface area contributed by atoms with Crippen molar-refractivity contribution in [1.82, 2.24) is 0 Å². The normalized spacial score (nSPS) is 31.2. The van der Waals surface area contributed by atoms with E-state index in [1.54, 1.807) is 0 Å². The summed E-state index contributed by atoms with van der Waals surface area (Å²) in [4.78, 5) is 0. The zero-order valence-corrected chi connectivity index (χ0v) is 8.93. The molecule has 0 aromatic rings. The highest BCUT2D eigenvalue weighted by Gasteiger charge is 2.48. The zero-order valence-electron chi connectivity index (χ0n) is 8.93. The van der Waals surface area contributed by atoms with Crippen LogP contribution < -0.4 is 5.73 Å². The van der Waals surface area contributed by atoms with E-state index in [1.165, 1.54) is 19.3 Å². The van der Waals surface area contributed by atoms with Gasteiger partial charge in [-0.1, -0.05) is 34.1 Å². The maximum absolute atomic E-state index is 6.13. The molecule has 2 N–H and O–H groups in total. The van der Waals surface area contributed by atoms with Crippen LogP contribution in [0.5, 0.6) is 0 Å². The minimum absolute atomic E-state index is 0.454. The number of hydrogen-bond acceptors (Lipinski definition) is 1. The summed E-state index contributed by atoms with van der Waals surface area (Å²) in [6.07, 6.45) is 3.82. The van der Waals surface area contributed by atoms with Gasteiger partial charge in [-0.25, -0.2) is 0 Å². The molecule has 0 amide bonds. The van der Waals surface area contributed by atoms with Crippen LogP contribution in [0.2, 0.25) is 0 Å². The predicted molar refractivity (Wildman–Crippen MR) is 53.9 cm³/mol. The van der Waals surface area contributed by atoms with Crippen LogP contribution >= 0.6 is 0 Å². The lowest BCUT2D eigenvalue weighted by atomic mass is 9.94. The van der Waals surface area contributed by atoms with E-state index in [0.717, 1.165) is 11.8 Å². The van der Waals surface area contributed by atoms with Crippen molar-refractivity contribution in [3.63, 3.8) is 0 Å². The highest BCUT2D eigenvalue weighted by Crippen LogP contribution is 2.53. The first-order valence-corrected chi connectivity index (χ1v) is 5.23. The van der Waals surface area contributed by atoms with E-state index in [2.05, 4.69) is 27.7 Å². The number of rotatable bonds is 4. The minimum Gasteiger partial charge on any atom is -0.327 e. The van der Waals surface area contributed by atoms with Gasteiger partial charge >= 0.3 is 0 Å². The Morgan fingerprint density at radius 3 is 2.33 bits per heavy atom. The molecule has 1 nitrogen and oxygen atoms in total. The third-order valence-corrected chi connectivity index (χ3v) is 3.48. The van der Waals surface area contributed by atoms with Gasteiger partial charge in [-0.3, -0.25) is 0 Å². The maximum atomic E-state index is 6.13. The lowest BCUT2D eigenvalue weighted by molar-refractivity contribution is 0.388. The van der Waals surface area contributed by atoms with Gasteiger partial charge in [0.25, 0.3) is 0 Å². The Morgan fingerprint density at radius 2 is 2.00 bits per heavy atom. The van der Waals surface area contributed by atoms with Gasteiger partial charge in [0.2, 0.25) is 0 Å². The van der Waals surface area contributed by atoms with Crippen molar-refractivity contribution in [3.05, 3.63) is 0 Å². The molecule has 72 valence electrons. The molecule has 1 rings (SSSR count). The standard InChI is InChI=1S/C11H23N/c1-5-8(2)6-10(12)9-7-11(9,3)4/h8-10H,5-7,12H2,1-4H3. The van der Waals surface area contributed by atoms with Gasteiger partial charge in [-0.15, -0.1) is 0 Å². The summed E-state index contributed by atoms with van der Waals surface area (Å²) < 4.78 is 0. The average Bonchev–Trinajstić information content (AvgIpc) is 2.59. The van der Waals surface area contributed by atoms with E-state index in [9.17, 15) is 0 Å². The summed E-state index contributed by atoms with van der Waals surface area (Å²) in [5, 5.41) is 0. The third kappa shape index (κ3) is 2.22. The van der Waals surface area contributed by atoms with Crippen LogP contribution in [0.15, 0.2) is 0 Å². The Morgan fingerprint density at radius 1 is 1.50 bits per heavy atom. The molecular weight excluding hydrogens is 146 g/mol. The highest BCUT2D eigenvalue weighted by atomic mass is 14.7. The largest absolute Gasteiger partial charge is 0.327 e. The van der Waals surface area contributed by atoms with Gasteiger partial charge in [-0.2, -0.15) is 0 Å². The predicted octanol–water partition coefficient (Wildman–Crippen LogP) is 2.80. The molecule has 0 bridgehead atoms. The number of hydrogen-bond donors (Lipinski definition) is 1.